The highest BCUT2D eigenvalue weighted by molar-refractivity contribution is 5.71. The standard InChI is InChI=1S/C19H18N4O.C5H9NO/c1-12-4-5-15(10-21-12)11-23-14(3)19(13(2)22-23)16-6-7-17(9-20)18(24)8-16;7-4-6-5-2-1-3-5/h4-8,10,24H,11H2,1-3H3;4-5H,1-3H2,(H,6,7). The lowest BCUT2D eigenvalue weighted by Crippen LogP contribution is -2.33. The van der Waals surface area contributed by atoms with E-state index in [4.69, 9.17) is 5.26 Å². The highest BCUT2D eigenvalue weighted by Gasteiger charge is 2.16. The average molecular weight is 418 g/mol. The van der Waals surface area contributed by atoms with E-state index in [9.17, 15) is 9.90 Å². The molecule has 1 aromatic carbocycles. The Morgan fingerprint density at radius 3 is 2.55 bits per heavy atom. The van der Waals surface area contributed by atoms with Gasteiger partial charge in [-0.3, -0.25) is 14.5 Å². The van der Waals surface area contributed by atoms with E-state index in [1.165, 1.54) is 19.3 Å². The zero-order chi connectivity index (χ0) is 22.4. The molecule has 0 aliphatic heterocycles. The molecule has 0 radical (unpaired) electrons. The van der Waals surface area contributed by atoms with Gasteiger partial charge >= 0.3 is 0 Å². The summed E-state index contributed by atoms with van der Waals surface area (Å²) in [5, 5.41) is 26.2. The first kappa shape index (κ1) is 22.0. The number of benzene rings is 1. The summed E-state index contributed by atoms with van der Waals surface area (Å²) in [5.41, 5.74) is 6.08. The fourth-order valence-electron chi connectivity index (χ4n) is 3.49. The van der Waals surface area contributed by atoms with E-state index in [0.717, 1.165) is 40.2 Å². The van der Waals surface area contributed by atoms with Gasteiger partial charge in [0.2, 0.25) is 6.41 Å². The van der Waals surface area contributed by atoms with Crippen molar-refractivity contribution in [2.24, 2.45) is 0 Å². The molecule has 2 N–H and O–H groups in total. The van der Waals surface area contributed by atoms with Crippen LogP contribution < -0.4 is 5.32 Å². The second-order valence-electron chi connectivity index (χ2n) is 7.77. The van der Waals surface area contributed by atoms with Crippen molar-refractivity contribution >= 4 is 6.41 Å². The summed E-state index contributed by atoms with van der Waals surface area (Å²) in [6.45, 7) is 6.55. The number of aromatic hydroxyl groups is 1. The quantitative estimate of drug-likeness (QED) is 0.615. The maximum Gasteiger partial charge on any atom is 0.207 e. The molecule has 1 saturated carbocycles. The van der Waals surface area contributed by atoms with Gasteiger partial charge in [0, 0.05) is 29.2 Å². The zero-order valence-electron chi connectivity index (χ0n) is 18.1. The number of hydrogen-bond acceptors (Lipinski definition) is 5. The SMILES string of the molecule is Cc1ccc(Cn2nc(C)c(-c3ccc(C#N)c(O)c3)c2C)cn1.O=CNC1CCC1. The molecule has 0 bridgehead atoms. The maximum atomic E-state index is 9.94. The molecular weight excluding hydrogens is 390 g/mol. The Morgan fingerprint density at radius 1 is 1.26 bits per heavy atom. The third kappa shape index (κ3) is 5.28. The van der Waals surface area contributed by atoms with E-state index in [0.29, 0.717) is 12.6 Å². The van der Waals surface area contributed by atoms with Crippen molar-refractivity contribution in [1.29, 1.82) is 5.26 Å². The molecular formula is C24H27N5O2. The molecule has 1 aliphatic rings. The van der Waals surface area contributed by atoms with Crippen LogP contribution in [-0.4, -0.2) is 32.3 Å². The smallest absolute Gasteiger partial charge is 0.207 e. The van der Waals surface area contributed by atoms with Gasteiger partial charge in [-0.1, -0.05) is 12.1 Å². The summed E-state index contributed by atoms with van der Waals surface area (Å²) in [4.78, 5) is 14.0. The van der Waals surface area contributed by atoms with Crippen molar-refractivity contribution in [1.82, 2.24) is 20.1 Å². The van der Waals surface area contributed by atoms with Crippen LogP contribution in [0, 0.1) is 32.1 Å². The first-order chi connectivity index (χ1) is 14.9. The molecule has 3 aromatic rings. The van der Waals surface area contributed by atoms with Crippen LogP contribution in [-0.2, 0) is 11.3 Å². The normalized spacial score (nSPS) is 12.8. The van der Waals surface area contributed by atoms with Crippen molar-refractivity contribution in [2.45, 2.75) is 52.6 Å². The molecule has 7 heteroatoms. The molecule has 160 valence electrons. The minimum atomic E-state index is -0.00992. The van der Waals surface area contributed by atoms with Crippen LogP contribution in [0.4, 0.5) is 0 Å². The first-order valence-corrected chi connectivity index (χ1v) is 10.3. The van der Waals surface area contributed by atoms with E-state index in [1.54, 1.807) is 12.1 Å². The van der Waals surface area contributed by atoms with Crippen LogP contribution in [0.1, 0.15) is 47.5 Å². The number of rotatable bonds is 5. The number of carbonyl (C=O) groups is 1. The molecule has 7 nitrogen and oxygen atoms in total. The summed E-state index contributed by atoms with van der Waals surface area (Å²) in [6.07, 6.45) is 6.28. The van der Waals surface area contributed by atoms with Crippen LogP contribution in [0.3, 0.4) is 0 Å². The average Bonchev–Trinajstić information content (AvgIpc) is 3.00. The summed E-state index contributed by atoms with van der Waals surface area (Å²) in [5.74, 6) is -0.00992. The van der Waals surface area contributed by atoms with E-state index in [1.807, 2.05) is 55.9 Å². The van der Waals surface area contributed by atoms with Gasteiger partial charge in [0.1, 0.15) is 11.8 Å². The van der Waals surface area contributed by atoms with Gasteiger partial charge in [-0.2, -0.15) is 10.4 Å². The lowest BCUT2D eigenvalue weighted by Gasteiger charge is -2.23. The van der Waals surface area contributed by atoms with Crippen LogP contribution in [0.2, 0.25) is 0 Å². The molecule has 1 amide bonds. The highest BCUT2D eigenvalue weighted by atomic mass is 16.3. The van der Waals surface area contributed by atoms with Crippen LogP contribution >= 0.6 is 0 Å². The lowest BCUT2D eigenvalue weighted by atomic mass is 9.94. The summed E-state index contributed by atoms with van der Waals surface area (Å²) < 4.78 is 1.94. The summed E-state index contributed by atoms with van der Waals surface area (Å²) in [7, 11) is 0. The van der Waals surface area contributed by atoms with E-state index in [-0.39, 0.29) is 11.3 Å². The van der Waals surface area contributed by atoms with Crippen molar-refractivity contribution in [3.63, 3.8) is 0 Å². The van der Waals surface area contributed by atoms with Gasteiger partial charge in [0.25, 0.3) is 0 Å². The van der Waals surface area contributed by atoms with Crippen molar-refractivity contribution < 1.29 is 9.90 Å². The topological polar surface area (TPSA) is 104 Å². The van der Waals surface area contributed by atoms with Gasteiger partial charge in [0.15, 0.2) is 0 Å². The number of phenols is 1. The number of aromatic nitrogens is 3. The number of nitrogens with zero attached hydrogens (tertiary/aromatic N) is 4. The van der Waals surface area contributed by atoms with Crippen LogP contribution in [0.25, 0.3) is 11.1 Å². The number of amides is 1. The van der Waals surface area contributed by atoms with E-state index in [2.05, 4.69) is 15.4 Å². The largest absolute Gasteiger partial charge is 0.507 e. The summed E-state index contributed by atoms with van der Waals surface area (Å²) >= 11 is 0. The van der Waals surface area contributed by atoms with Gasteiger partial charge < -0.3 is 10.4 Å². The lowest BCUT2D eigenvalue weighted by molar-refractivity contribution is -0.110. The Morgan fingerprint density at radius 2 is 2.03 bits per heavy atom. The summed E-state index contributed by atoms with van der Waals surface area (Å²) in [6, 6.07) is 11.6. The van der Waals surface area contributed by atoms with Crippen molar-refractivity contribution in [3.8, 4) is 22.9 Å². The molecule has 0 atom stereocenters. The minimum Gasteiger partial charge on any atom is -0.507 e. The predicted molar refractivity (Wildman–Crippen MR) is 118 cm³/mol. The number of hydrogen-bond donors (Lipinski definition) is 2. The Hall–Kier alpha value is -3.66. The Balaban J connectivity index is 0.000000330. The third-order valence-electron chi connectivity index (χ3n) is 5.50. The molecule has 0 spiro atoms. The number of phenolic OH excluding ortho intramolecular Hbond substituents is 1. The second kappa shape index (κ2) is 9.90. The molecule has 1 fully saturated rings. The number of pyridine rings is 1. The van der Waals surface area contributed by atoms with Crippen LogP contribution in [0.5, 0.6) is 5.75 Å². The Bertz CT molecular complexity index is 1090. The monoisotopic (exact) mass is 417 g/mol. The molecule has 0 unspecified atom stereocenters. The first-order valence-electron chi connectivity index (χ1n) is 10.3. The van der Waals surface area contributed by atoms with Gasteiger partial charge in [-0.25, -0.2) is 0 Å². The van der Waals surface area contributed by atoms with Crippen molar-refractivity contribution in [3.05, 3.63) is 64.7 Å². The second-order valence-corrected chi connectivity index (χ2v) is 7.77. The number of carbonyl (C=O) groups excluding carboxylic acids is 1. The van der Waals surface area contributed by atoms with Gasteiger partial charge in [-0.05, 0) is 69.4 Å². The van der Waals surface area contributed by atoms with Crippen molar-refractivity contribution in [2.75, 3.05) is 0 Å². The zero-order valence-corrected chi connectivity index (χ0v) is 18.1. The number of nitriles is 1. The fourth-order valence-corrected chi connectivity index (χ4v) is 3.49. The Labute approximate surface area is 182 Å². The molecule has 2 heterocycles. The molecule has 31 heavy (non-hydrogen) atoms. The van der Waals surface area contributed by atoms with E-state index >= 15 is 0 Å². The van der Waals surface area contributed by atoms with Gasteiger partial charge in [-0.15, -0.1) is 0 Å². The fraction of sp³-hybridized carbons (Fsp3) is 0.333. The maximum absolute atomic E-state index is 9.94. The highest BCUT2D eigenvalue weighted by Crippen LogP contribution is 2.31. The van der Waals surface area contributed by atoms with E-state index < -0.39 is 0 Å². The Kier molecular flexibility index (Phi) is 7.03. The van der Waals surface area contributed by atoms with Gasteiger partial charge in [0.05, 0.1) is 17.8 Å². The predicted octanol–water partition coefficient (Wildman–Crippen LogP) is 3.78. The molecule has 0 saturated heterocycles. The molecule has 1 aliphatic carbocycles. The minimum absolute atomic E-state index is 0.00992. The third-order valence-corrected chi connectivity index (χ3v) is 5.50. The molecule has 2 aromatic heterocycles. The number of aryl methyl sites for hydroxylation is 2. The molecule has 4 rings (SSSR count). The number of nitrogens with one attached hydrogen (secondary N) is 1. The van der Waals surface area contributed by atoms with Crippen LogP contribution in [0.15, 0.2) is 36.5 Å².